The van der Waals surface area contributed by atoms with Gasteiger partial charge < -0.3 is 4.74 Å². The third kappa shape index (κ3) is 3.03. The van der Waals surface area contributed by atoms with Crippen molar-refractivity contribution in [3.8, 4) is 11.3 Å². The summed E-state index contributed by atoms with van der Waals surface area (Å²) in [6.45, 7) is 2.09. The largest absolute Gasteiger partial charge is 0.377 e. The van der Waals surface area contributed by atoms with E-state index in [-0.39, 0.29) is 12.4 Å². The fourth-order valence-electron chi connectivity index (χ4n) is 1.69. The molecule has 0 atom stereocenters. The quantitative estimate of drug-likeness (QED) is 0.799. The van der Waals surface area contributed by atoms with Gasteiger partial charge in [0, 0.05) is 18.7 Å². The highest BCUT2D eigenvalue weighted by molar-refractivity contribution is 6.29. The molecule has 0 radical (unpaired) electrons. The van der Waals surface area contributed by atoms with Crippen molar-refractivity contribution in [1.82, 2.24) is 9.97 Å². The molecule has 0 saturated heterocycles. The number of hydrogen-bond donors (Lipinski definition) is 0. The second-order valence-corrected chi connectivity index (χ2v) is 4.33. The highest BCUT2D eigenvalue weighted by Crippen LogP contribution is 2.22. The van der Waals surface area contributed by atoms with E-state index in [4.69, 9.17) is 16.3 Å². The zero-order valence-electron chi connectivity index (χ0n) is 10.1. The molecular weight excluding hydrogens is 255 g/mol. The highest BCUT2D eigenvalue weighted by Gasteiger charge is 2.07. The fourth-order valence-corrected chi connectivity index (χ4v) is 1.89. The molecule has 0 saturated carbocycles. The van der Waals surface area contributed by atoms with Gasteiger partial charge in [-0.3, -0.25) is 0 Å². The molecule has 0 aliphatic heterocycles. The first-order valence-electron chi connectivity index (χ1n) is 5.38. The summed E-state index contributed by atoms with van der Waals surface area (Å²) in [4.78, 5) is 8.32. The van der Waals surface area contributed by atoms with Crippen molar-refractivity contribution in [2.75, 3.05) is 7.11 Å². The van der Waals surface area contributed by atoms with E-state index in [1.165, 1.54) is 12.1 Å². The first-order valence-corrected chi connectivity index (χ1v) is 5.76. The number of halogens is 2. The average Bonchev–Trinajstić information content (AvgIpc) is 2.27. The second kappa shape index (κ2) is 5.42. The van der Waals surface area contributed by atoms with E-state index in [9.17, 15) is 4.39 Å². The normalized spacial score (nSPS) is 10.7. The molecule has 1 aromatic heterocycles. The summed E-state index contributed by atoms with van der Waals surface area (Å²) in [6.07, 6.45) is 0. The molecule has 3 nitrogen and oxygen atoms in total. The maximum atomic E-state index is 13.4. The van der Waals surface area contributed by atoms with Crippen molar-refractivity contribution in [3.05, 3.63) is 46.6 Å². The summed E-state index contributed by atoms with van der Waals surface area (Å²) in [6, 6.07) is 6.33. The van der Waals surface area contributed by atoms with Crippen LogP contribution in [0.25, 0.3) is 11.3 Å². The van der Waals surface area contributed by atoms with E-state index >= 15 is 0 Å². The molecule has 1 heterocycles. The Morgan fingerprint density at radius 3 is 2.67 bits per heavy atom. The molecule has 5 heteroatoms. The van der Waals surface area contributed by atoms with Crippen molar-refractivity contribution < 1.29 is 9.13 Å². The van der Waals surface area contributed by atoms with E-state index in [0.717, 1.165) is 5.56 Å². The van der Waals surface area contributed by atoms with Gasteiger partial charge in [0.25, 0.3) is 0 Å². The number of ether oxygens (including phenoxy) is 1. The number of methoxy groups -OCH3 is 1. The molecule has 0 aliphatic rings. The number of aryl methyl sites for hydroxylation is 1. The van der Waals surface area contributed by atoms with E-state index in [1.807, 2.05) is 13.0 Å². The minimum absolute atomic E-state index is 0.266. The van der Waals surface area contributed by atoms with E-state index in [2.05, 4.69) is 9.97 Å². The minimum Gasteiger partial charge on any atom is -0.377 e. The molecule has 0 N–H and O–H groups in total. The lowest BCUT2D eigenvalue weighted by Gasteiger charge is -2.06. The first-order chi connectivity index (χ1) is 8.58. The molecule has 0 fully saturated rings. The van der Waals surface area contributed by atoms with Crippen LogP contribution in [0.4, 0.5) is 4.39 Å². The molecule has 2 aromatic rings. The van der Waals surface area contributed by atoms with E-state index < -0.39 is 0 Å². The zero-order valence-corrected chi connectivity index (χ0v) is 10.8. The number of aromatic nitrogens is 2. The van der Waals surface area contributed by atoms with Crippen LogP contribution in [0.5, 0.6) is 0 Å². The van der Waals surface area contributed by atoms with Crippen LogP contribution >= 0.6 is 11.6 Å². The topological polar surface area (TPSA) is 35.0 Å². The van der Waals surface area contributed by atoms with Gasteiger partial charge in [0.2, 0.25) is 0 Å². The van der Waals surface area contributed by atoms with Gasteiger partial charge in [-0.2, -0.15) is 0 Å². The number of nitrogens with zero attached hydrogens (tertiary/aromatic N) is 2. The first kappa shape index (κ1) is 12.9. The molecule has 0 spiro atoms. The molecule has 0 unspecified atom stereocenters. The Balaban J connectivity index is 2.49. The van der Waals surface area contributed by atoms with Gasteiger partial charge >= 0.3 is 0 Å². The summed E-state index contributed by atoms with van der Waals surface area (Å²) in [5.41, 5.74) is 2.09. The molecule has 0 bridgehead atoms. The molecular formula is C13H12ClFN2O. The van der Waals surface area contributed by atoms with Gasteiger partial charge in [0.15, 0.2) is 5.82 Å². The molecule has 18 heavy (non-hydrogen) atoms. The van der Waals surface area contributed by atoms with Crippen molar-refractivity contribution in [1.29, 1.82) is 0 Å². The fraction of sp³-hybridized carbons (Fsp3) is 0.231. The summed E-state index contributed by atoms with van der Waals surface area (Å²) in [5, 5.41) is 0.314. The van der Waals surface area contributed by atoms with Crippen molar-refractivity contribution >= 4 is 11.6 Å². The van der Waals surface area contributed by atoms with Gasteiger partial charge in [0.1, 0.15) is 17.6 Å². The van der Waals surface area contributed by atoms with Crippen LogP contribution in [0.1, 0.15) is 11.4 Å². The smallest absolute Gasteiger partial charge is 0.156 e. The van der Waals surface area contributed by atoms with Gasteiger partial charge in [-0.15, -0.1) is 0 Å². The van der Waals surface area contributed by atoms with Crippen molar-refractivity contribution in [3.63, 3.8) is 0 Å². The Hall–Kier alpha value is -1.52. The van der Waals surface area contributed by atoms with Gasteiger partial charge in [0.05, 0.1) is 5.69 Å². The second-order valence-electron chi connectivity index (χ2n) is 3.94. The standard InChI is InChI=1S/C13H12ClFN2O/c1-8-3-9(5-10(15)4-8)11-6-12(14)17-13(16-11)7-18-2/h3-6H,7H2,1-2H3. The van der Waals surface area contributed by atoms with Crippen LogP contribution in [-0.2, 0) is 11.3 Å². The Labute approximate surface area is 110 Å². The van der Waals surface area contributed by atoms with Crippen LogP contribution in [0.15, 0.2) is 24.3 Å². The Morgan fingerprint density at radius 2 is 2.00 bits per heavy atom. The van der Waals surface area contributed by atoms with Gasteiger partial charge in [-0.1, -0.05) is 11.6 Å². The van der Waals surface area contributed by atoms with Crippen LogP contribution in [0.3, 0.4) is 0 Å². The van der Waals surface area contributed by atoms with Crippen molar-refractivity contribution in [2.24, 2.45) is 0 Å². The van der Waals surface area contributed by atoms with Crippen molar-refractivity contribution in [2.45, 2.75) is 13.5 Å². The Morgan fingerprint density at radius 1 is 1.22 bits per heavy atom. The van der Waals surface area contributed by atoms with Crippen LogP contribution in [-0.4, -0.2) is 17.1 Å². The van der Waals surface area contributed by atoms with Crippen LogP contribution < -0.4 is 0 Å². The molecule has 94 valence electrons. The molecule has 0 amide bonds. The lowest BCUT2D eigenvalue weighted by Crippen LogP contribution is -1.99. The Kier molecular flexibility index (Phi) is 3.89. The van der Waals surface area contributed by atoms with Gasteiger partial charge in [-0.05, 0) is 30.7 Å². The van der Waals surface area contributed by atoms with Crippen LogP contribution in [0, 0.1) is 12.7 Å². The predicted octanol–water partition coefficient (Wildman–Crippen LogP) is 3.39. The maximum absolute atomic E-state index is 13.4. The van der Waals surface area contributed by atoms with E-state index in [0.29, 0.717) is 22.2 Å². The van der Waals surface area contributed by atoms with Crippen LogP contribution in [0.2, 0.25) is 5.15 Å². The highest BCUT2D eigenvalue weighted by atomic mass is 35.5. The van der Waals surface area contributed by atoms with E-state index in [1.54, 1.807) is 13.2 Å². The monoisotopic (exact) mass is 266 g/mol. The third-order valence-corrected chi connectivity index (χ3v) is 2.55. The number of rotatable bonds is 3. The molecule has 2 rings (SSSR count). The summed E-state index contributed by atoms with van der Waals surface area (Å²) < 4.78 is 18.3. The number of hydrogen-bond acceptors (Lipinski definition) is 3. The molecule has 0 aliphatic carbocycles. The SMILES string of the molecule is COCc1nc(Cl)cc(-c2cc(C)cc(F)c2)n1. The minimum atomic E-state index is -0.298. The third-order valence-electron chi connectivity index (χ3n) is 2.35. The summed E-state index contributed by atoms with van der Waals surface area (Å²) in [5.74, 6) is 0.176. The zero-order chi connectivity index (χ0) is 13.1. The van der Waals surface area contributed by atoms with Gasteiger partial charge in [-0.25, -0.2) is 14.4 Å². The maximum Gasteiger partial charge on any atom is 0.156 e. The summed E-state index contributed by atoms with van der Waals surface area (Å²) >= 11 is 5.91. The lowest BCUT2D eigenvalue weighted by atomic mass is 10.1. The molecule has 1 aromatic carbocycles. The lowest BCUT2D eigenvalue weighted by molar-refractivity contribution is 0.178. The summed E-state index contributed by atoms with van der Waals surface area (Å²) in [7, 11) is 1.55. The number of benzene rings is 1. The average molecular weight is 267 g/mol. The Bertz CT molecular complexity index is 555. The predicted molar refractivity (Wildman–Crippen MR) is 67.9 cm³/mol.